The molecule has 1 rings (SSSR count). The van der Waals surface area contributed by atoms with Crippen LogP contribution in [0.25, 0.3) is 0 Å². The first kappa shape index (κ1) is 13.2. The number of amides is 1. The van der Waals surface area contributed by atoms with E-state index in [2.05, 4.69) is 12.2 Å². The highest BCUT2D eigenvalue weighted by Gasteiger charge is 2.09. The molecule has 0 saturated heterocycles. The first-order valence-electron chi connectivity index (χ1n) is 5.38. The Kier molecular flexibility index (Phi) is 4.69. The molecule has 0 bridgehead atoms. The fraction of sp³-hybridized carbons (Fsp3) is 0.308. The van der Waals surface area contributed by atoms with Crippen molar-refractivity contribution in [3.63, 3.8) is 0 Å². The van der Waals surface area contributed by atoms with Gasteiger partial charge in [-0.05, 0) is 26.0 Å². The van der Waals surface area contributed by atoms with Crippen molar-refractivity contribution in [1.82, 2.24) is 5.32 Å². The first-order chi connectivity index (χ1) is 8.00. The van der Waals surface area contributed by atoms with E-state index in [1.807, 2.05) is 13.8 Å². The molecular weight excluding hydrogens is 218 g/mol. The number of carbonyl (C=O) groups excluding carboxylic acids is 2. The van der Waals surface area contributed by atoms with Gasteiger partial charge in [-0.25, -0.2) is 0 Å². The number of Topliss-reactive ketones (excluding diaryl/α,β-unsaturated/α-hetero) is 1. The number of ether oxygens (including phenoxy) is 1. The number of hydrogen-bond donors (Lipinski definition) is 1. The molecule has 0 aromatic heterocycles. The average Bonchev–Trinajstić information content (AvgIpc) is 2.25. The summed E-state index contributed by atoms with van der Waals surface area (Å²) in [7, 11) is 0. The molecule has 0 aliphatic carbocycles. The lowest BCUT2D eigenvalue weighted by Gasteiger charge is -2.11. The Hall–Kier alpha value is -1.84. The summed E-state index contributed by atoms with van der Waals surface area (Å²) in [6.45, 7) is 6.95. The van der Waals surface area contributed by atoms with Crippen LogP contribution in [0.3, 0.4) is 0 Å². The van der Waals surface area contributed by atoms with Crippen molar-refractivity contribution in [1.29, 1.82) is 0 Å². The van der Waals surface area contributed by atoms with Gasteiger partial charge in [0.15, 0.2) is 12.4 Å². The molecule has 1 radical (unpaired) electrons. The normalized spacial score (nSPS) is 10.1. The Morgan fingerprint density at radius 1 is 1.35 bits per heavy atom. The van der Waals surface area contributed by atoms with Gasteiger partial charge in [-0.2, -0.15) is 0 Å². The molecule has 91 valence electrons. The largest absolute Gasteiger partial charge is 0.483 e. The molecule has 1 N–H and O–H groups in total. The van der Waals surface area contributed by atoms with Crippen molar-refractivity contribution in [2.45, 2.75) is 19.9 Å². The zero-order valence-electron chi connectivity index (χ0n) is 10.0. The van der Waals surface area contributed by atoms with E-state index >= 15 is 0 Å². The lowest BCUT2D eigenvalue weighted by molar-refractivity contribution is -0.123. The maximum absolute atomic E-state index is 11.4. The molecule has 0 aliphatic heterocycles. The van der Waals surface area contributed by atoms with Crippen LogP contribution < -0.4 is 10.1 Å². The van der Waals surface area contributed by atoms with Gasteiger partial charge in [0.25, 0.3) is 5.91 Å². The van der Waals surface area contributed by atoms with E-state index < -0.39 is 0 Å². The summed E-state index contributed by atoms with van der Waals surface area (Å²) in [6, 6.07) is 6.78. The fourth-order valence-electron chi connectivity index (χ4n) is 1.33. The Labute approximate surface area is 101 Å². The van der Waals surface area contributed by atoms with Crippen molar-refractivity contribution < 1.29 is 14.3 Å². The third-order valence-electron chi connectivity index (χ3n) is 2.00. The molecular formula is C13H16NO3. The van der Waals surface area contributed by atoms with Gasteiger partial charge in [0, 0.05) is 13.0 Å². The highest BCUT2D eigenvalue weighted by molar-refractivity contribution is 6.01. The topological polar surface area (TPSA) is 55.4 Å². The van der Waals surface area contributed by atoms with Gasteiger partial charge < -0.3 is 10.1 Å². The van der Waals surface area contributed by atoms with Gasteiger partial charge in [0.05, 0.1) is 5.56 Å². The highest BCUT2D eigenvalue weighted by atomic mass is 16.5. The second kappa shape index (κ2) is 6.03. The number of ketones is 1. The molecule has 17 heavy (non-hydrogen) atoms. The quantitative estimate of drug-likeness (QED) is 0.787. The summed E-state index contributed by atoms with van der Waals surface area (Å²) < 4.78 is 5.29. The smallest absolute Gasteiger partial charge is 0.258 e. The van der Waals surface area contributed by atoms with E-state index in [1.165, 1.54) is 0 Å². The minimum absolute atomic E-state index is 0.0656. The summed E-state index contributed by atoms with van der Waals surface area (Å²) in [6.07, 6.45) is 0. The van der Waals surface area contributed by atoms with E-state index in [-0.39, 0.29) is 24.3 Å². The average molecular weight is 234 g/mol. The van der Waals surface area contributed by atoms with Crippen LogP contribution in [0.5, 0.6) is 5.75 Å². The number of nitrogens with one attached hydrogen (secondary N) is 1. The van der Waals surface area contributed by atoms with Gasteiger partial charge >= 0.3 is 0 Å². The van der Waals surface area contributed by atoms with E-state index in [1.54, 1.807) is 24.3 Å². The molecule has 0 atom stereocenters. The van der Waals surface area contributed by atoms with Crippen LogP contribution >= 0.6 is 0 Å². The Morgan fingerprint density at radius 3 is 2.59 bits per heavy atom. The Balaban J connectivity index is 2.63. The minimum atomic E-state index is -0.329. The number of rotatable bonds is 5. The number of para-hydroxylation sites is 1. The molecule has 0 unspecified atom stereocenters. The summed E-state index contributed by atoms with van der Waals surface area (Å²) >= 11 is 0. The summed E-state index contributed by atoms with van der Waals surface area (Å²) in [5.74, 6) is -0.164. The van der Waals surface area contributed by atoms with Crippen molar-refractivity contribution in [2.75, 3.05) is 6.61 Å². The van der Waals surface area contributed by atoms with E-state index in [9.17, 15) is 9.59 Å². The Bertz CT molecular complexity index is 413. The molecule has 0 spiro atoms. The summed E-state index contributed by atoms with van der Waals surface area (Å²) in [5, 5.41) is 2.70. The third-order valence-corrected chi connectivity index (χ3v) is 2.00. The summed E-state index contributed by atoms with van der Waals surface area (Å²) in [5.41, 5.74) is 0.379. The van der Waals surface area contributed by atoms with Crippen LogP contribution in [0, 0.1) is 6.92 Å². The zero-order chi connectivity index (χ0) is 12.8. The van der Waals surface area contributed by atoms with Gasteiger partial charge in [0.1, 0.15) is 5.75 Å². The molecule has 1 aromatic carbocycles. The molecule has 0 saturated carbocycles. The number of hydrogen-bond acceptors (Lipinski definition) is 3. The third kappa shape index (κ3) is 4.26. The molecule has 4 heteroatoms. The standard InChI is InChI=1S/C13H16NO3/c1-9(2)14-13(16)8-17-12-7-5-4-6-11(12)10(3)15/h4-7,9H,3,8H2,1-2H3,(H,14,16). The second-order valence-corrected chi connectivity index (χ2v) is 3.93. The first-order valence-corrected chi connectivity index (χ1v) is 5.38. The SMILES string of the molecule is [CH2]C(=O)c1ccccc1OCC(=O)NC(C)C. The van der Waals surface area contributed by atoms with Gasteiger partial charge in [-0.15, -0.1) is 0 Å². The summed E-state index contributed by atoms with van der Waals surface area (Å²) in [4.78, 5) is 22.6. The van der Waals surface area contributed by atoms with E-state index in [0.29, 0.717) is 11.3 Å². The zero-order valence-corrected chi connectivity index (χ0v) is 10.0. The number of benzene rings is 1. The fourth-order valence-corrected chi connectivity index (χ4v) is 1.33. The molecule has 0 heterocycles. The van der Waals surface area contributed by atoms with Crippen molar-refractivity contribution >= 4 is 11.7 Å². The van der Waals surface area contributed by atoms with Gasteiger partial charge in [-0.1, -0.05) is 12.1 Å². The van der Waals surface area contributed by atoms with E-state index in [4.69, 9.17) is 4.74 Å². The predicted molar refractivity (Wildman–Crippen MR) is 64.9 cm³/mol. The molecule has 1 aromatic rings. The predicted octanol–water partition coefficient (Wildman–Crippen LogP) is 1.61. The molecule has 4 nitrogen and oxygen atoms in total. The maximum Gasteiger partial charge on any atom is 0.258 e. The van der Waals surface area contributed by atoms with Crippen LogP contribution in [0.1, 0.15) is 24.2 Å². The van der Waals surface area contributed by atoms with Crippen molar-refractivity contribution in [2.24, 2.45) is 0 Å². The van der Waals surface area contributed by atoms with Gasteiger partial charge in [0.2, 0.25) is 0 Å². The van der Waals surface area contributed by atoms with Crippen LogP contribution in [0.4, 0.5) is 0 Å². The Morgan fingerprint density at radius 2 is 2.00 bits per heavy atom. The van der Waals surface area contributed by atoms with Gasteiger partial charge in [-0.3, -0.25) is 9.59 Å². The highest BCUT2D eigenvalue weighted by Crippen LogP contribution is 2.17. The molecule has 1 amide bonds. The monoisotopic (exact) mass is 234 g/mol. The van der Waals surface area contributed by atoms with Crippen LogP contribution in [-0.2, 0) is 4.79 Å². The molecule has 0 fully saturated rings. The van der Waals surface area contributed by atoms with Crippen LogP contribution in [0.2, 0.25) is 0 Å². The lowest BCUT2D eigenvalue weighted by Crippen LogP contribution is -2.34. The van der Waals surface area contributed by atoms with Crippen LogP contribution in [-0.4, -0.2) is 24.3 Å². The van der Waals surface area contributed by atoms with Crippen LogP contribution in [0.15, 0.2) is 24.3 Å². The van der Waals surface area contributed by atoms with E-state index in [0.717, 1.165) is 0 Å². The lowest BCUT2D eigenvalue weighted by atomic mass is 10.1. The van der Waals surface area contributed by atoms with Crippen molar-refractivity contribution in [3.05, 3.63) is 36.8 Å². The molecule has 0 aliphatic rings. The second-order valence-electron chi connectivity index (χ2n) is 3.93. The number of carbonyl (C=O) groups is 2. The van der Waals surface area contributed by atoms with Crippen molar-refractivity contribution in [3.8, 4) is 5.75 Å². The maximum atomic E-state index is 11.4. The minimum Gasteiger partial charge on any atom is -0.483 e.